The molecule has 0 radical (unpaired) electrons. The van der Waals surface area contributed by atoms with Crippen molar-refractivity contribution in [2.45, 2.75) is 29.9 Å². The van der Waals surface area contributed by atoms with Gasteiger partial charge >= 0.3 is 0 Å². The van der Waals surface area contributed by atoms with E-state index in [4.69, 9.17) is 0 Å². The van der Waals surface area contributed by atoms with Gasteiger partial charge in [0.25, 0.3) is 5.76 Å². The number of amides is 1. The molecule has 6 heteroatoms. The predicted molar refractivity (Wildman–Crippen MR) is 79.6 cm³/mol. The number of anilines is 1. The molecule has 1 amide bonds. The molecule has 1 unspecified atom stereocenters. The minimum Gasteiger partial charge on any atom is -0.326 e. The van der Waals surface area contributed by atoms with Gasteiger partial charge in [0, 0.05) is 16.5 Å². The van der Waals surface area contributed by atoms with Crippen LogP contribution in [0, 0.1) is 11.3 Å². The van der Waals surface area contributed by atoms with E-state index in [2.05, 4.69) is 10.6 Å². The highest BCUT2D eigenvalue weighted by Crippen LogP contribution is 2.58. The van der Waals surface area contributed by atoms with E-state index in [-0.39, 0.29) is 17.2 Å². The number of alkyl halides is 2. The van der Waals surface area contributed by atoms with Gasteiger partial charge < -0.3 is 10.6 Å². The molecule has 114 valence electrons. The first-order chi connectivity index (χ1) is 10.1. The lowest BCUT2D eigenvalue weighted by molar-refractivity contribution is -0.118. The highest BCUT2D eigenvalue weighted by molar-refractivity contribution is 7.99. The molecule has 3 rings (SSSR count). The van der Waals surface area contributed by atoms with Crippen molar-refractivity contribution >= 4 is 23.4 Å². The second-order valence-corrected chi connectivity index (χ2v) is 6.82. The van der Waals surface area contributed by atoms with Crippen LogP contribution in [0.1, 0.15) is 19.3 Å². The molecule has 3 nitrogen and oxygen atoms in total. The van der Waals surface area contributed by atoms with Gasteiger partial charge in [-0.15, -0.1) is 0 Å². The molecule has 1 heterocycles. The summed E-state index contributed by atoms with van der Waals surface area (Å²) in [7, 11) is 0. The predicted octanol–water partition coefficient (Wildman–Crippen LogP) is 3.33. The lowest BCUT2D eigenvalue weighted by Crippen LogP contribution is -2.31. The van der Waals surface area contributed by atoms with Gasteiger partial charge in [-0.2, -0.15) is 8.78 Å². The van der Waals surface area contributed by atoms with Crippen LogP contribution in [0.4, 0.5) is 14.5 Å². The Kier molecular flexibility index (Phi) is 4.17. The number of rotatable bonds is 4. The highest BCUT2D eigenvalue weighted by atomic mass is 32.2. The zero-order valence-electron chi connectivity index (χ0n) is 11.6. The maximum absolute atomic E-state index is 12.3. The first-order valence-electron chi connectivity index (χ1n) is 7.16. The van der Waals surface area contributed by atoms with Crippen molar-refractivity contribution in [3.63, 3.8) is 0 Å². The summed E-state index contributed by atoms with van der Waals surface area (Å²) in [6.45, 7) is 1.98. The Morgan fingerprint density at radius 3 is 2.57 bits per heavy atom. The van der Waals surface area contributed by atoms with Crippen LogP contribution in [-0.2, 0) is 4.79 Å². The first-order valence-corrected chi connectivity index (χ1v) is 8.03. The number of benzene rings is 1. The Morgan fingerprint density at radius 2 is 1.95 bits per heavy atom. The second kappa shape index (κ2) is 5.93. The molecule has 2 fully saturated rings. The molecule has 1 aromatic rings. The van der Waals surface area contributed by atoms with E-state index in [1.54, 1.807) is 24.3 Å². The molecule has 2 N–H and O–H groups in total. The Balaban J connectivity index is 1.56. The Morgan fingerprint density at radius 1 is 1.29 bits per heavy atom. The van der Waals surface area contributed by atoms with Crippen LogP contribution in [0.5, 0.6) is 0 Å². The van der Waals surface area contributed by atoms with Gasteiger partial charge in [0.15, 0.2) is 0 Å². The summed E-state index contributed by atoms with van der Waals surface area (Å²) < 4.78 is 24.5. The summed E-state index contributed by atoms with van der Waals surface area (Å²) in [6.07, 6.45) is 3.10. The molecule has 1 aliphatic heterocycles. The van der Waals surface area contributed by atoms with Gasteiger partial charge in [0.05, 0.1) is 0 Å². The van der Waals surface area contributed by atoms with Crippen molar-refractivity contribution in [2.75, 3.05) is 18.4 Å². The zero-order valence-corrected chi connectivity index (χ0v) is 12.4. The van der Waals surface area contributed by atoms with Crippen molar-refractivity contribution in [3.8, 4) is 0 Å². The second-order valence-electron chi connectivity index (χ2n) is 5.76. The van der Waals surface area contributed by atoms with Crippen molar-refractivity contribution in [1.82, 2.24) is 5.32 Å². The summed E-state index contributed by atoms with van der Waals surface area (Å²) in [5, 5.41) is 6.22. The van der Waals surface area contributed by atoms with Crippen molar-refractivity contribution in [3.05, 3.63) is 24.3 Å². The molecular weight excluding hydrogens is 294 g/mol. The number of hydrogen-bond donors (Lipinski definition) is 2. The summed E-state index contributed by atoms with van der Waals surface area (Å²) >= 11 is 0.509. The van der Waals surface area contributed by atoms with Crippen LogP contribution in [-0.4, -0.2) is 24.8 Å². The van der Waals surface area contributed by atoms with E-state index in [1.807, 2.05) is 0 Å². The molecular formula is C15H18F2N2OS. The van der Waals surface area contributed by atoms with Gasteiger partial charge in [0.2, 0.25) is 5.91 Å². The molecule has 0 aromatic heterocycles. The van der Waals surface area contributed by atoms with E-state index >= 15 is 0 Å². The number of halogens is 2. The molecule has 1 aromatic carbocycles. The van der Waals surface area contributed by atoms with Crippen LogP contribution in [0.25, 0.3) is 0 Å². The third-order valence-electron chi connectivity index (χ3n) is 4.45. The summed E-state index contributed by atoms with van der Waals surface area (Å²) in [5.74, 6) is -2.25. The fourth-order valence-electron chi connectivity index (χ4n) is 3.14. The largest absolute Gasteiger partial charge is 0.326 e. The number of thioether (sulfide) groups is 1. The number of nitrogens with one attached hydrogen (secondary N) is 2. The van der Waals surface area contributed by atoms with Gasteiger partial charge in [-0.1, -0.05) is 11.8 Å². The SMILES string of the molecule is O=C(Nc1ccc(SC(F)F)cc1)C1CC12CCNCC2. The molecule has 2 aliphatic rings. The highest BCUT2D eigenvalue weighted by Gasteiger charge is 2.57. The first kappa shape index (κ1) is 14.8. The zero-order chi connectivity index (χ0) is 14.9. The maximum atomic E-state index is 12.3. The Bertz CT molecular complexity index is 515. The number of hydrogen-bond acceptors (Lipinski definition) is 3. The van der Waals surface area contributed by atoms with E-state index < -0.39 is 5.76 Å². The molecule has 1 saturated heterocycles. The minimum atomic E-state index is -2.42. The lowest BCUT2D eigenvalue weighted by Gasteiger charge is -2.23. The summed E-state index contributed by atoms with van der Waals surface area (Å²) in [5.41, 5.74) is 0.885. The van der Waals surface area contributed by atoms with Gasteiger partial charge in [0.1, 0.15) is 0 Å². The van der Waals surface area contributed by atoms with Gasteiger partial charge in [-0.3, -0.25) is 4.79 Å². The van der Waals surface area contributed by atoms with Gasteiger partial charge in [-0.25, -0.2) is 0 Å². The van der Waals surface area contributed by atoms with Crippen molar-refractivity contribution in [1.29, 1.82) is 0 Å². The normalized spacial score (nSPS) is 23.3. The summed E-state index contributed by atoms with van der Waals surface area (Å²) in [6, 6.07) is 6.58. The van der Waals surface area contributed by atoms with E-state index in [0.29, 0.717) is 22.3 Å². The summed E-state index contributed by atoms with van der Waals surface area (Å²) in [4.78, 5) is 12.8. The average Bonchev–Trinajstić information content (AvgIpc) is 3.15. The minimum absolute atomic E-state index is 0.0613. The topological polar surface area (TPSA) is 41.1 Å². The van der Waals surface area contributed by atoms with Crippen molar-refractivity contribution in [2.24, 2.45) is 11.3 Å². The van der Waals surface area contributed by atoms with Crippen molar-refractivity contribution < 1.29 is 13.6 Å². The third-order valence-corrected chi connectivity index (χ3v) is 5.18. The van der Waals surface area contributed by atoms with Crippen LogP contribution in [0.15, 0.2) is 29.2 Å². The van der Waals surface area contributed by atoms with E-state index in [9.17, 15) is 13.6 Å². The van der Waals surface area contributed by atoms with E-state index in [0.717, 1.165) is 32.4 Å². The maximum Gasteiger partial charge on any atom is 0.288 e. The smallest absolute Gasteiger partial charge is 0.288 e. The van der Waals surface area contributed by atoms with Crippen LogP contribution < -0.4 is 10.6 Å². The quantitative estimate of drug-likeness (QED) is 0.838. The molecule has 1 atom stereocenters. The standard InChI is InChI=1S/C15H18F2N2OS/c16-14(17)21-11-3-1-10(2-4-11)19-13(20)12-9-15(12)5-7-18-8-6-15/h1-4,12,14,18H,5-9H2,(H,19,20). The number of carbonyl (C=O) groups excluding carboxylic acids is 1. The third kappa shape index (κ3) is 3.37. The van der Waals surface area contributed by atoms with E-state index in [1.165, 1.54) is 0 Å². The molecule has 1 spiro atoms. The Hall–Kier alpha value is -1.14. The molecule has 1 aliphatic carbocycles. The monoisotopic (exact) mass is 312 g/mol. The lowest BCUT2D eigenvalue weighted by atomic mass is 9.92. The fourth-order valence-corrected chi connectivity index (χ4v) is 3.64. The number of carbonyl (C=O) groups is 1. The average molecular weight is 312 g/mol. The van der Waals surface area contributed by atoms with Crippen LogP contribution in [0.2, 0.25) is 0 Å². The molecule has 1 saturated carbocycles. The molecule has 0 bridgehead atoms. The Labute approximate surface area is 126 Å². The van der Waals surface area contributed by atoms with Crippen LogP contribution >= 0.6 is 11.8 Å². The number of piperidine rings is 1. The van der Waals surface area contributed by atoms with Gasteiger partial charge in [-0.05, 0) is 62.0 Å². The fraction of sp³-hybridized carbons (Fsp3) is 0.533. The molecule has 21 heavy (non-hydrogen) atoms. The van der Waals surface area contributed by atoms with Crippen LogP contribution in [0.3, 0.4) is 0 Å².